The smallest absolute Gasteiger partial charge is 0.0106 e. The molecule has 1 fully saturated rings. The molecule has 0 aromatic carbocycles. The lowest BCUT2D eigenvalue weighted by atomic mass is 9.99. The van der Waals surface area contributed by atoms with E-state index in [9.17, 15) is 0 Å². The third-order valence-corrected chi connectivity index (χ3v) is 14.3. The monoisotopic (exact) mass is 372 g/mol. The van der Waals surface area contributed by atoms with Crippen LogP contribution in [0.3, 0.4) is 0 Å². The lowest BCUT2D eigenvalue weighted by Gasteiger charge is -2.50. The highest BCUT2D eigenvalue weighted by Gasteiger charge is 2.43. The molecule has 0 aromatic rings. The van der Waals surface area contributed by atoms with Crippen molar-refractivity contribution in [3.63, 3.8) is 0 Å². The van der Waals surface area contributed by atoms with Crippen LogP contribution in [0.25, 0.3) is 0 Å². The Hall–Kier alpha value is 0.860. The fourth-order valence-electron chi connectivity index (χ4n) is 4.40. The van der Waals surface area contributed by atoms with E-state index < -0.39 is 0 Å². The van der Waals surface area contributed by atoms with E-state index in [2.05, 4.69) is 27.7 Å². The van der Waals surface area contributed by atoms with Crippen LogP contribution in [0, 0.1) is 0 Å². The fraction of sp³-hybridized carbons (Fsp3) is 1.00. The average molecular weight is 373 g/mol. The minimum atomic E-state index is 0.281. The van der Waals surface area contributed by atoms with Gasteiger partial charge in [-0.1, -0.05) is 88.5 Å². The summed E-state index contributed by atoms with van der Waals surface area (Å²) in [7, 11) is 0.563. The number of hydrogen-bond donors (Lipinski definition) is 0. The molecule has 0 spiro atoms. The minimum absolute atomic E-state index is 0.281. The number of rotatable bonds is 14. The first-order chi connectivity index (χ1) is 11.7. The summed E-state index contributed by atoms with van der Waals surface area (Å²) in [4.78, 5) is 0.845. The molecule has 0 unspecified atom stereocenters. The Bertz CT molecular complexity index is 246. The van der Waals surface area contributed by atoms with Crippen LogP contribution >= 0.6 is 15.8 Å². The molecule has 0 amide bonds. The topological polar surface area (TPSA) is 0 Å². The zero-order chi connectivity index (χ0) is 17.7. The van der Waals surface area contributed by atoms with E-state index in [1.54, 1.807) is 50.3 Å². The molecule has 24 heavy (non-hydrogen) atoms. The van der Waals surface area contributed by atoms with Gasteiger partial charge in [0.2, 0.25) is 0 Å². The summed E-state index contributed by atoms with van der Waals surface area (Å²) in [5.74, 6) is 0. The van der Waals surface area contributed by atoms with E-state index in [4.69, 9.17) is 0 Å². The maximum Gasteiger partial charge on any atom is 0.0106 e. The Morgan fingerprint density at radius 3 is 1.17 bits per heavy atom. The third kappa shape index (κ3) is 7.23. The molecule has 144 valence electrons. The van der Waals surface area contributed by atoms with Gasteiger partial charge in [0, 0.05) is 4.90 Å². The maximum absolute atomic E-state index is 2.40. The van der Waals surface area contributed by atoms with Crippen LogP contribution in [0.5, 0.6) is 0 Å². The largest absolute Gasteiger partial charge is 0.0959 e. The number of unbranched alkanes of at least 4 members (excludes halogenated alkanes) is 4. The highest BCUT2D eigenvalue weighted by Crippen LogP contribution is 2.73. The molecule has 0 saturated heterocycles. The summed E-state index contributed by atoms with van der Waals surface area (Å²) in [5, 5.41) is 0. The summed E-state index contributed by atoms with van der Waals surface area (Å²) in [6.45, 7) is 9.60. The van der Waals surface area contributed by atoms with Gasteiger partial charge in [-0.05, 0) is 63.2 Å². The van der Waals surface area contributed by atoms with Crippen molar-refractivity contribution >= 4 is 15.8 Å². The molecule has 0 aromatic heterocycles. The second-order valence-electron chi connectivity index (χ2n) is 7.93. The first-order valence-electron chi connectivity index (χ1n) is 11.2. The Kier molecular flexibility index (Phi) is 13.3. The van der Waals surface area contributed by atoms with Gasteiger partial charge in [-0.3, -0.25) is 0 Å². The van der Waals surface area contributed by atoms with Crippen LogP contribution in [-0.2, 0) is 0 Å². The third-order valence-electron chi connectivity index (χ3n) is 5.96. The Labute approximate surface area is 156 Å². The lowest BCUT2D eigenvalue weighted by molar-refractivity contribution is 0.475. The van der Waals surface area contributed by atoms with Crippen molar-refractivity contribution in [2.45, 2.75) is 116 Å². The molecular weight excluding hydrogens is 326 g/mol. The average Bonchev–Trinajstić information content (AvgIpc) is 2.62. The predicted octanol–water partition coefficient (Wildman–Crippen LogP) is 8.81. The Morgan fingerprint density at radius 1 is 0.542 bits per heavy atom. The molecular formula is C22H46P2. The second-order valence-corrected chi connectivity index (χ2v) is 13.9. The van der Waals surface area contributed by atoms with Gasteiger partial charge in [-0.2, -0.15) is 0 Å². The second kappa shape index (κ2) is 14.0. The minimum Gasteiger partial charge on any atom is -0.0959 e. The molecule has 0 aliphatic heterocycles. The highest BCUT2D eigenvalue weighted by atomic mass is 31.2. The van der Waals surface area contributed by atoms with Crippen molar-refractivity contribution in [3.05, 3.63) is 0 Å². The van der Waals surface area contributed by atoms with Crippen LogP contribution in [0.15, 0.2) is 0 Å². The van der Waals surface area contributed by atoms with Crippen molar-refractivity contribution in [1.82, 2.24) is 0 Å². The van der Waals surface area contributed by atoms with Gasteiger partial charge in [0.05, 0.1) is 0 Å². The molecule has 2 heteroatoms. The zero-order valence-electron chi connectivity index (χ0n) is 17.4. The van der Waals surface area contributed by atoms with Gasteiger partial charge in [-0.25, -0.2) is 0 Å². The summed E-state index contributed by atoms with van der Waals surface area (Å²) < 4.78 is 0. The van der Waals surface area contributed by atoms with Crippen molar-refractivity contribution in [3.8, 4) is 0 Å². The first kappa shape index (κ1) is 22.9. The molecule has 1 rings (SSSR count). The van der Waals surface area contributed by atoms with Gasteiger partial charge in [0.25, 0.3) is 0 Å². The van der Waals surface area contributed by atoms with E-state index in [1.165, 1.54) is 57.8 Å². The highest BCUT2D eigenvalue weighted by molar-refractivity contribution is 7.77. The maximum atomic E-state index is 2.40. The molecule has 0 heterocycles. The molecule has 0 bridgehead atoms. The van der Waals surface area contributed by atoms with Gasteiger partial charge in [0.15, 0.2) is 0 Å². The SMILES string of the molecule is CCCCP(CCCC)C1(P(CCCC)CCCC)CCCCC1. The number of hydrogen-bond acceptors (Lipinski definition) is 0. The lowest BCUT2D eigenvalue weighted by Crippen LogP contribution is -2.32. The molecule has 0 N–H and O–H groups in total. The van der Waals surface area contributed by atoms with Crippen molar-refractivity contribution < 1.29 is 0 Å². The summed E-state index contributed by atoms with van der Waals surface area (Å²) >= 11 is 0. The van der Waals surface area contributed by atoms with E-state index in [-0.39, 0.29) is 15.8 Å². The van der Waals surface area contributed by atoms with E-state index in [1.807, 2.05) is 0 Å². The Morgan fingerprint density at radius 2 is 0.875 bits per heavy atom. The zero-order valence-corrected chi connectivity index (χ0v) is 19.2. The van der Waals surface area contributed by atoms with Gasteiger partial charge in [-0.15, -0.1) is 0 Å². The Balaban J connectivity index is 2.98. The van der Waals surface area contributed by atoms with E-state index in [0.29, 0.717) is 0 Å². The van der Waals surface area contributed by atoms with Crippen LogP contribution in [-0.4, -0.2) is 29.5 Å². The van der Waals surface area contributed by atoms with Gasteiger partial charge >= 0.3 is 0 Å². The summed E-state index contributed by atoms with van der Waals surface area (Å²) in [5.41, 5.74) is 0. The molecule has 1 saturated carbocycles. The predicted molar refractivity (Wildman–Crippen MR) is 119 cm³/mol. The molecule has 0 nitrogen and oxygen atoms in total. The van der Waals surface area contributed by atoms with Crippen LogP contribution < -0.4 is 0 Å². The fourth-order valence-corrected chi connectivity index (χ4v) is 14.0. The molecule has 1 aliphatic rings. The molecule has 1 aliphatic carbocycles. The van der Waals surface area contributed by atoms with E-state index >= 15 is 0 Å². The van der Waals surface area contributed by atoms with Crippen LogP contribution in [0.2, 0.25) is 0 Å². The van der Waals surface area contributed by atoms with Crippen LogP contribution in [0.4, 0.5) is 0 Å². The normalized spacial score (nSPS) is 17.8. The van der Waals surface area contributed by atoms with Crippen LogP contribution in [0.1, 0.15) is 111 Å². The van der Waals surface area contributed by atoms with Crippen molar-refractivity contribution in [2.24, 2.45) is 0 Å². The van der Waals surface area contributed by atoms with Gasteiger partial charge < -0.3 is 0 Å². The van der Waals surface area contributed by atoms with Crippen molar-refractivity contribution in [1.29, 1.82) is 0 Å². The molecule has 0 atom stereocenters. The first-order valence-corrected chi connectivity index (χ1v) is 14.7. The summed E-state index contributed by atoms with van der Waals surface area (Å²) in [6.07, 6.45) is 25.9. The quantitative estimate of drug-likeness (QED) is 0.267. The van der Waals surface area contributed by atoms with Crippen molar-refractivity contribution in [2.75, 3.05) is 24.6 Å². The summed E-state index contributed by atoms with van der Waals surface area (Å²) in [6, 6.07) is 0. The molecule has 0 radical (unpaired) electrons. The van der Waals surface area contributed by atoms with E-state index in [0.717, 1.165) is 4.90 Å². The van der Waals surface area contributed by atoms with Gasteiger partial charge in [0.1, 0.15) is 0 Å². The standard InChI is InChI=1S/C22H46P2/c1-5-9-18-23(19-10-6-2)22(16-14-13-15-17-22)24(20-11-7-3)21-12-8-4/h5-21H2,1-4H3.